The maximum atomic E-state index is 12.1. The third kappa shape index (κ3) is 3.35. The summed E-state index contributed by atoms with van der Waals surface area (Å²) in [5.41, 5.74) is 5.44. The molecule has 5 nitrogen and oxygen atoms in total. The summed E-state index contributed by atoms with van der Waals surface area (Å²) in [4.78, 5) is 14.0. The molecule has 0 aromatic heterocycles. The molecule has 0 radical (unpaired) electrons. The third-order valence-corrected chi connectivity index (χ3v) is 3.73. The van der Waals surface area contributed by atoms with Crippen molar-refractivity contribution in [2.45, 2.75) is 51.0 Å². The summed E-state index contributed by atoms with van der Waals surface area (Å²) in [7, 11) is 0. The second-order valence-electron chi connectivity index (χ2n) is 5.16. The Kier molecular flexibility index (Phi) is 3.86. The topological polar surface area (TPSA) is 78.9 Å². The number of carbonyl (C=O) groups is 1. The number of amides is 1. The molecule has 17 heavy (non-hydrogen) atoms. The third-order valence-electron chi connectivity index (χ3n) is 3.73. The standard InChI is InChI=1S/C12H21N3O2/c13-11(14-17)6-7-15(10-4-5-10)12(16)8-9-2-1-3-9/h9-10,17H,1-8H2,(H2,13,14). The zero-order valence-electron chi connectivity index (χ0n) is 10.1. The van der Waals surface area contributed by atoms with Crippen LogP contribution in [0, 0.1) is 5.92 Å². The van der Waals surface area contributed by atoms with Crippen LogP contribution in [0.2, 0.25) is 0 Å². The van der Waals surface area contributed by atoms with Gasteiger partial charge in [0.15, 0.2) is 0 Å². The number of nitrogens with two attached hydrogens (primary N) is 1. The molecule has 3 N–H and O–H groups in total. The largest absolute Gasteiger partial charge is 0.409 e. The smallest absolute Gasteiger partial charge is 0.223 e. The van der Waals surface area contributed by atoms with Gasteiger partial charge in [0.2, 0.25) is 5.91 Å². The van der Waals surface area contributed by atoms with Gasteiger partial charge in [-0.05, 0) is 31.6 Å². The molecule has 0 aromatic rings. The van der Waals surface area contributed by atoms with Crippen LogP contribution in [-0.2, 0) is 4.79 Å². The van der Waals surface area contributed by atoms with Gasteiger partial charge in [-0.2, -0.15) is 0 Å². The van der Waals surface area contributed by atoms with Crippen molar-refractivity contribution in [1.82, 2.24) is 4.90 Å². The monoisotopic (exact) mass is 239 g/mol. The highest BCUT2D eigenvalue weighted by Crippen LogP contribution is 2.33. The van der Waals surface area contributed by atoms with Gasteiger partial charge in [-0.3, -0.25) is 4.79 Å². The van der Waals surface area contributed by atoms with Crippen LogP contribution in [0.5, 0.6) is 0 Å². The van der Waals surface area contributed by atoms with Crippen LogP contribution in [0.4, 0.5) is 0 Å². The predicted octanol–water partition coefficient (Wildman–Crippen LogP) is 1.30. The quantitative estimate of drug-likeness (QED) is 0.317. The number of rotatable bonds is 6. The van der Waals surface area contributed by atoms with Gasteiger partial charge in [0.05, 0.1) is 0 Å². The van der Waals surface area contributed by atoms with E-state index >= 15 is 0 Å². The Morgan fingerprint density at radius 3 is 2.53 bits per heavy atom. The van der Waals surface area contributed by atoms with Crippen LogP contribution in [0.1, 0.15) is 44.9 Å². The zero-order chi connectivity index (χ0) is 12.3. The number of hydrogen-bond acceptors (Lipinski definition) is 3. The second-order valence-corrected chi connectivity index (χ2v) is 5.16. The molecule has 2 aliphatic rings. The van der Waals surface area contributed by atoms with Crippen molar-refractivity contribution in [3.8, 4) is 0 Å². The van der Waals surface area contributed by atoms with Crippen LogP contribution >= 0.6 is 0 Å². The van der Waals surface area contributed by atoms with Crippen molar-refractivity contribution in [2.75, 3.05) is 6.54 Å². The molecular weight excluding hydrogens is 218 g/mol. The molecule has 5 heteroatoms. The lowest BCUT2D eigenvalue weighted by Crippen LogP contribution is -2.37. The summed E-state index contributed by atoms with van der Waals surface area (Å²) in [6, 6.07) is 0.411. The van der Waals surface area contributed by atoms with Crippen molar-refractivity contribution in [1.29, 1.82) is 0 Å². The molecule has 0 atom stereocenters. The normalized spacial score (nSPS) is 21.1. The second kappa shape index (κ2) is 5.38. The summed E-state index contributed by atoms with van der Waals surface area (Å²) in [6.07, 6.45) is 7.02. The molecule has 0 bridgehead atoms. The summed E-state index contributed by atoms with van der Waals surface area (Å²) in [5, 5.41) is 11.4. The maximum Gasteiger partial charge on any atom is 0.223 e. The molecule has 0 heterocycles. The van der Waals surface area contributed by atoms with E-state index in [0.29, 0.717) is 31.3 Å². The highest BCUT2D eigenvalue weighted by Gasteiger charge is 2.33. The number of nitrogens with zero attached hydrogens (tertiary/aromatic N) is 2. The molecule has 0 spiro atoms. The number of amidine groups is 1. The summed E-state index contributed by atoms with van der Waals surface area (Å²) >= 11 is 0. The summed E-state index contributed by atoms with van der Waals surface area (Å²) in [5.74, 6) is 1.06. The van der Waals surface area contributed by atoms with E-state index in [9.17, 15) is 4.79 Å². The Morgan fingerprint density at radius 1 is 1.35 bits per heavy atom. The fourth-order valence-corrected chi connectivity index (χ4v) is 2.24. The first kappa shape index (κ1) is 12.2. The minimum atomic E-state index is 0.201. The molecule has 0 unspecified atom stereocenters. The van der Waals surface area contributed by atoms with Gasteiger partial charge in [-0.25, -0.2) is 0 Å². The first-order chi connectivity index (χ1) is 8.20. The minimum absolute atomic E-state index is 0.201. The van der Waals surface area contributed by atoms with Crippen LogP contribution < -0.4 is 5.73 Å². The Labute approximate surface area is 102 Å². The fourth-order valence-electron chi connectivity index (χ4n) is 2.24. The molecular formula is C12H21N3O2. The van der Waals surface area contributed by atoms with E-state index in [1.165, 1.54) is 19.3 Å². The summed E-state index contributed by atoms with van der Waals surface area (Å²) in [6.45, 7) is 0.589. The lowest BCUT2D eigenvalue weighted by atomic mass is 9.82. The first-order valence-electron chi connectivity index (χ1n) is 6.46. The van der Waals surface area contributed by atoms with E-state index in [4.69, 9.17) is 10.9 Å². The van der Waals surface area contributed by atoms with E-state index in [1.54, 1.807) is 0 Å². The van der Waals surface area contributed by atoms with Crippen molar-refractivity contribution < 1.29 is 10.0 Å². The molecule has 2 rings (SSSR count). The van der Waals surface area contributed by atoms with Gasteiger partial charge in [-0.15, -0.1) is 0 Å². The van der Waals surface area contributed by atoms with Gasteiger partial charge >= 0.3 is 0 Å². The predicted molar refractivity (Wildman–Crippen MR) is 64.7 cm³/mol. The molecule has 0 aliphatic heterocycles. The van der Waals surface area contributed by atoms with Crippen molar-refractivity contribution >= 4 is 11.7 Å². The van der Waals surface area contributed by atoms with Gasteiger partial charge < -0.3 is 15.8 Å². The molecule has 2 fully saturated rings. The highest BCUT2D eigenvalue weighted by molar-refractivity contribution is 5.81. The van der Waals surface area contributed by atoms with E-state index in [2.05, 4.69) is 5.16 Å². The lowest BCUT2D eigenvalue weighted by Gasteiger charge is -2.29. The minimum Gasteiger partial charge on any atom is -0.409 e. The molecule has 0 saturated heterocycles. The lowest BCUT2D eigenvalue weighted by molar-refractivity contribution is -0.133. The number of oxime groups is 1. The van der Waals surface area contributed by atoms with Gasteiger partial charge in [0, 0.05) is 25.4 Å². The maximum absolute atomic E-state index is 12.1. The van der Waals surface area contributed by atoms with E-state index in [-0.39, 0.29) is 11.7 Å². The van der Waals surface area contributed by atoms with E-state index in [1.807, 2.05) is 4.90 Å². The SMILES string of the molecule is NC(CCN(C(=O)CC1CCC1)C1CC1)=NO. The van der Waals surface area contributed by atoms with Crippen molar-refractivity contribution in [3.05, 3.63) is 0 Å². The molecule has 2 saturated carbocycles. The molecule has 2 aliphatic carbocycles. The summed E-state index contributed by atoms with van der Waals surface area (Å²) < 4.78 is 0. The molecule has 1 amide bonds. The average Bonchev–Trinajstić information content (AvgIpc) is 3.07. The Bertz CT molecular complexity index is 309. The Balaban J connectivity index is 1.80. The van der Waals surface area contributed by atoms with Gasteiger partial charge in [0.25, 0.3) is 0 Å². The van der Waals surface area contributed by atoms with Crippen LogP contribution in [-0.4, -0.2) is 34.4 Å². The van der Waals surface area contributed by atoms with Crippen LogP contribution in [0.25, 0.3) is 0 Å². The number of hydrogen-bond donors (Lipinski definition) is 2. The number of carbonyl (C=O) groups excluding carboxylic acids is 1. The first-order valence-corrected chi connectivity index (χ1v) is 6.46. The highest BCUT2D eigenvalue weighted by atomic mass is 16.4. The average molecular weight is 239 g/mol. The van der Waals surface area contributed by atoms with E-state index in [0.717, 1.165) is 12.8 Å². The van der Waals surface area contributed by atoms with Crippen LogP contribution in [0.15, 0.2) is 5.16 Å². The Hall–Kier alpha value is -1.26. The van der Waals surface area contributed by atoms with Crippen molar-refractivity contribution in [2.24, 2.45) is 16.8 Å². The fraction of sp³-hybridized carbons (Fsp3) is 0.833. The van der Waals surface area contributed by atoms with Crippen LogP contribution in [0.3, 0.4) is 0 Å². The van der Waals surface area contributed by atoms with Gasteiger partial charge in [0.1, 0.15) is 5.84 Å². The molecule has 0 aromatic carbocycles. The van der Waals surface area contributed by atoms with Crippen molar-refractivity contribution in [3.63, 3.8) is 0 Å². The van der Waals surface area contributed by atoms with Gasteiger partial charge in [-0.1, -0.05) is 11.6 Å². The molecule has 96 valence electrons. The zero-order valence-corrected chi connectivity index (χ0v) is 10.1. The van der Waals surface area contributed by atoms with E-state index < -0.39 is 0 Å². The Morgan fingerprint density at radius 2 is 2.06 bits per heavy atom.